The van der Waals surface area contributed by atoms with E-state index in [1.807, 2.05) is 0 Å². The molecule has 1 aliphatic heterocycles. The third-order valence-electron chi connectivity index (χ3n) is 3.38. The van der Waals surface area contributed by atoms with E-state index in [1.54, 1.807) is 31.4 Å². The summed E-state index contributed by atoms with van der Waals surface area (Å²) in [6.07, 6.45) is 0. The molecule has 140 valence electrons. The van der Waals surface area contributed by atoms with Gasteiger partial charge in [-0.1, -0.05) is 6.07 Å². The van der Waals surface area contributed by atoms with Gasteiger partial charge in [-0.2, -0.15) is 0 Å². The van der Waals surface area contributed by atoms with Crippen molar-refractivity contribution < 1.29 is 28.7 Å². The highest BCUT2D eigenvalue weighted by molar-refractivity contribution is 7.12. The number of amides is 3. The Hall–Kier alpha value is -2.88. The first-order chi connectivity index (χ1) is 12.4. The van der Waals surface area contributed by atoms with Crippen molar-refractivity contribution in [3.05, 3.63) is 33.7 Å². The van der Waals surface area contributed by atoms with Crippen molar-refractivity contribution in [2.24, 2.45) is 0 Å². The molecule has 0 spiro atoms. The molecule has 0 unspecified atom stereocenters. The zero-order chi connectivity index (χ0) is 19.1. The minimum Gasteiger partial charge on any atom is -0.463 e. The average molecular weight is 381 g/mol. The Morgan fingerprint density at radius 3 is 2.73 bits per heavy atom. The van der Waals surface area contributed by atoms with Crippen molar-refractivity contribution in [3.8, 4) is 0 Å². The van der Waals surface area contributed by atoms with E-state index in [0.717, 1.165) is 0 Å². The van der Waals surface area contributed by atoms with Gasteiger partial charge in [0.25, 0.3) is 5.91 Å². The van der Waals surface area contributed by atoms with E-state index in [1.165, 1.54) is 11.3 Å². The maximum absolute atomic E-state index is 12.0. The molecule has 1 atom stereocenters. The third-order valence-corrected chi connectivity index (χ3v) is 4.25. The quantitative estimate of drug-likeness (QED) is 0.593. The van der Waals surface area contributed by atoms with Crippen LogP contribution in [0.2, 0.25) is 0 Å². The van der Waals surface area contributed by atoms with Crippen LogP contribution in [0.3, 0.4) is 0 Å². The number of thiophene rings is 1. The fourth-order valence-corrected chi connectivity index (χ4v) is 2.88. The lowest BCUT2D eigenvalue weighted by Gasteiger charge is -2.26. The lowest BCUT2D eigenvalue weighted by atomic mass is 10.0. The predicted molar refractivity (Wildman–Crippen MR) is 92.4 cm³/mol. The van der Waals surface area contributed by atoms with Crippen LogP contribution >= 0.6 is 11.3 Å². The van der Waals surface area contributed by atoms with Gasteiger partial charge in [-0.25, -0.2) is 9.59 Å². The fraction of sp³-hybridized carbons (Fsp3) is 0.375. The van der Waals surface area contributed by atoms with Gasteiger partial charge in [-0.3, -0.25) is 9.59 Å². The molecule has 3 amide bonds. The summed E-state index contributed by atoms with van der Waals surface area (Å²) < 4.78 is 10.0. The molecular weight excluding hydrogens is 362 g/mol. The Morgan fingerprint density at radius 1 is 1.31 bits per heavy atom. The van der Waals surface area contributed by atoms with Crippen molar-refractivity contribution >= 4 is 35.2 Å². The molecule has 1 aliphatic rings. The topological polar surface area (TPSA) is 123 Å². The number of carbonyl (C=O) groups excluding carboxylic acids is 4. The first kappa shape index (κ1) is 19.4. The van der Waals surface area contributed by atoms with E-state index in [0.29, 0.717) is 4.88 Å². The van der Waals surface area contributed by atoms with Crippen LogP contribution in [0.5, 0.6) is 0 Å². The third kappa shape index (κ3) is 5.06. The molecule has 1 aromatic heterocycles. The zero-order valence-corrected chi connectivity index (χ0v) is 15.1. The summed E-state index contributed by atoms with van der Waals surface area (Å²) in [6, 6.07) is 2.26. The normalized spacial score (nSPS) is 16.4. The molecule has 0 aliphatic carbocycles. The van der Waals surface area contributed by atoms with Crippen LogP contribution in [-0.4, -0.2) is 49.7 Å². The van der Waals surface area contributed by atoms with Crippen molar-refractivity contribution in [1.29, 1.82) is 0 Å². The van der Waals surface area contributed by atoms with Crippen molar-refractivity contribution in [2.45, 2.75) is 19.9 Å². The summed E-state index contributed by atoms with van der Waals surface area (Å²) in [5.74, 6) is -1.69. The summed E-state index contributed by atoms with van der Waals surface area (Å²) in [5.41, 5.74) is 0.333. The zero-order valence-electron chi connectivity index (χ0n) is 14.3. The first-order valence-corrected chi connectivity index (χ1v) is 8.75. The number of nitrogens with one attached hydrogen (secondary N) is 3. The van der Waals surface area contributed by atoms with Gasteiger partial charge in [-0.05, 0) is 25.3 Å². The van der Waals surface area contributed by atoms with Crippen LogP contribution in [0, 0.1) is 0 Å². The van der Waals surface area contributed by atoms with Crippen LogP contribution in [0.25, 0.3) is 0 Å². The molecule has 1 aromatic rings. The van der Waals surface area contributed by atoms with E-state index < -0.39 is 24.0 Å². The lowest BCUT2D eigenvalue weighted by molar-refractivity contribution is -0.142. The average Bonchev–Trinajstić information content (AvgIpc) is 3.12. The van der Waals surface area contributed by atoms with Crippen LogP contribution in [0.4, 0.5) is 4.79 Å². The standard InChI is InChI=1S/C16H19N3O6S/c1-3-24-15(22)13-9(2)18-16(23)19-10(13)8-25-12(20)7-17-14(21)11-5-4-6-26-11/h4-6,9H,3,7-8H2,1-2H3,(H,17,21)(H2,18,19,23)/t9-/m1/s1. The minimum absolute atomic E-state index is 0.151. The molecule has 2 heterocycles. The number of carbonyl (C=O) groups is 4. The van der Waals surface area contributed by atoms with Gasteiger partial charge >= 0.3 is 18.0 Å². The monoisotopic (exact) mass is 381 g/mol. The number of hydrogen-bond acceptors (Lipinski definition) is 7. The van der Waals surface area contributed by atoms with E-state index in [9.17, 15) is 19.2 Å². The molecule has 26 heavy (non-hydrogen) atoms. The van der Waals surface area contributed by atoms with Crippen LogP contribution < -0.4 is 16.0 Å². The highest BCUT2D eigenvalue weighted by Gasteiger charge is 2.30. The van der Waals surface area contributed by atoms with Crippen molar-refractivity contribution in [2.75, 3.05) is 19.8 Å². The number of urea groups is 1. The largest absolute Gasteiger partial charge is 0.463 e. The molecule has 0 saturated heterocycles. The highest BCUT2D eigenvalue weighted by Crippen LogP contribution is 2.14. The Labute approximate surface area is 153 Å². The van der Waals surface area contributed by atoms with E-state index in [4.69, 9.17) is 9.47 Å². The van der Waals surface area contributed by atoms with Gasteiger partial charge in [0.05, 0.1) is 28.8 Å². The predicted octanol–water partition coefficient (Wildman–Crippen LogP) is 0.540. The van der Waals surface area contributed by atoms with E-state index >= 15 is 0 Å². The highest BCUT2D eigenvalue weighted by atomic mass is 32.1. The fourth-order valence-electron chi connectivity index (χ4n) is 2.24. The molecule has 10 heteroatoms. The molecule has 0 radical (unpaired) electrons. The molecule has 3 N–H and O–H groups in total. The second-order valence-electron chi connectivity index (χ2n) is 5.25. The Bertz CT molecular complexity index is 728. The molecule has 2 rings (SSSR count). The summed E-state index contributed by atoms with van der Waals surface area (Å²) in [4.78, 5) is 47.7. The first-order valence-electron chi connectivity index (χ1n) is 7.87. The van der Waals surface area contributed by atoms with E-state index in [-0.39, 0.29) is 36.9 Å². The van der Waals surface area contributed by atoms with Crippen LogP contribution in [0.1, 0.15) is 23.5 Å². The number of rotatable bonds is 7. The van der Waals surface area contributed by atoms with E-state index in [2.05, 4.69) is 16.0 Å². The molecule has 0 aromatic carbocycles. The van der Waals surface area contributed by atoms with Gasteiger partial charge in [0, 0.05) is 0 Å². The molecule has 0 bridgehead atoms. The van der Waals surface area contributed by atoms with Crippen LogP contribution in [-0.2, 0) is 19.1 Å². The molecule has 0 fully saturated rings. The number of esters is 2. The van der Waals surface area contributed by atoms with Crippen LogP contribution in [0.15, 0.2) is 28.8 Å². The summed E-state index contributed by atoms with van der Waals surface area (Å²) in [7, 11) is 0. The van der Waals surface area contributed by atoms with Gasteiger partial charge in [0.15, 0.2) is 0 Å². The Morgan fingerprint density at radius 2 is 2.08 bits per heavy atom. The molecule has 0 saturated carbocycles. The summed E-state index contributed by atoms with van der Waals surface area (Å²) >= 11 is 1.25. The number of hydrogen-bond donors (Lipinski definition) is 3. The summed E-state index contributed by atoms with van der Waals surface area (Å²) in [6.45, 7) is 2.80. The summed E-state index contributed by atoms with van der Waals surface area (Å²) in [5, 5.41) is 9.16. The lowest BCUT2D eigenvalue weighted by Crippen LogP contribution is -2.50. The second kappa shape index (κ2) is 8.99. The smallest absolute Gasteiger partial charge is 0.338 e. The SMILES string of the molecule is CCOC(=O)C1=C(COC(=O)CNC(=O)c2cccs2)NC(=O)N[C@@H]1C. The Balaban J connectivity index is 1.94. The van der Waals surface area contributed by atoms with Crippen molar-refractivity contribution in [3.63, 3.8) is 0 Å². The van der Waals surface area contributed by atoms with Gasteiger partial charge in [0.1, 0.15) is 13.2 Å². The molecule has 9 nitrogen and oxygen atoms in total. The minimum atomic E-state index is -0.703. The number of ether oxygens (including phenoxy) is 2. The van der Waals surface area contributed by atoms with Gasteiger partial charge < -0.3 is 25.4 Å². The molecular formula is C16H19N3O6S. The second-order valence-corrected chi connectivity index (χ2v) is 6.20. The van der Waals surface area contributed by atoms with Crippen molar-refractivity contribution in [1.82, 2.24) is 16.0 Å². The Kier molecular flexibility index (Phi) is 6.73. The maximum atomic E-state index is 12.0. The van der Waals surface area contributed by atoms with Gasteiger partial charge in [0.2, 0.25) is 0 Å². The maximum Gasteiger partial charge on any atom is 0.338 e. The van der Waals surface area contributed by atoms with Gasteiger partial charge in [-0.15, -0.1) is 11.3 Å².